The number of carbonyl (C=O) groups excluding carboxylic acids is 2. The lowest BCUT2D eigenvalue weighted by Gasteiger charge is -2.34. The number of amides is 3. The fraction of sp³-hybridized carbons (Fsp3) is 0.619. The molecule has 1 saturated heterocycles. The largest absolute Gasteiger partial charge is 0.486 e. The lowest BCUT2D eigenvalue weighted by atomic mass is 9.95. The van der Waals surface area contributed by atoms with E-state index in [1.54, 1.807) is 11.0 Å². The number of ether oxygens (including phenoxy) is 2. The second-order valence-electron chi connectivity index (χ2n) is 7.92. The molecule has 0 bridgehead atoms. The molecule has 0 spiro atoms. The van der Waals surface area contributed by atoms with Crippen molar-refractivity contribution >= 4 is 17.6 Å². The van der Waals surface area contributed by atoms with E-state index in [1.807, 2.05) is 12.1 Å². The van der Waals surface area contributed by atoms with Crippen LogP contribution in [-0.4, -0.2) is 49.2 Å². The summed E-state index contributed by atoms with van der Waals surface area (Å²) in [6, 6.07) is 5.69. The van der Waals surface area contributed by atoms with E-state index in [9.17, 15) is 9.59 Å². The molecule has 1 aromatic rings. The van der Waals surface area contributed by atoms with Crippen molar-refractivity contribution in [1.29, 1.82) is 0 Å². The Morgan fingerprint density at radius 1 is 0.964 bits per heavy atom. The molecule has 3 aliphatic rings. The Bertz CT molecular complexity index is 718. The van der Waals surface area contributed by atoms with Gasteiger partial charge >= 0.3 is 6.03 Å². The molecule has 7 heteroatoms. The van der Waals surface area contributed by atoms with Crippen LogP contribution in [0, 0.1) is 5.92 Å². The third-order valence-corrected chi connectivity index (χ3v) is 5.82. The summed E-state index contributed by atoms with van der Waals surface area (Å²) in [4.78, 5) is 27.2. The summed E-state index contributed by atoms with van der Waals surface area (Å²) in [5.74, 6) is 1.11. The molecule has 0 aromatic heterocycles. The maximum atomic E-state index is 12.8. The first-order chi connectivity index (χ1) is 13.7. The second kappa shape index (κ2) is 8.71. The number of hydrogen-bond acceptors (Lipinski definition) is 4. The third kappa shape index (κ3) is 4.51. The first-order valence-electron chi connectivity index (χ1n) is 10.4. The Labute approximate surface area is 165 Å². The molecule has 2 aliphatic heterocycles. The molecule has 2 fully saturated rings. The summed E-state index contributed by atoms with van der Waals surface area (Å²) in [7, 11) is 0. The molecule has 0 unspecified atom stereocenters. The molecule has 3 amide bonds. The Morgan fingerprint density at radius 3 is 2.57 bits per heavy atom. The number of rotatable bonds is 3. The van der Waals surface area contributed by atoms with Gasteiger partial charge in [0.1, 0.15) is 13.2 Å². The van der Waals surface area contributed by atoms with Crippen LogP contribution in [-0.2, 0) is 4.79 Å². The summed E-state index contributed by atoms with van der Waals surface area (Å²) in [6.07, 6.45) is 7.40. The molecule has 2 N–H and O–H groups in total. The van der Waals surface area contributed by atoms with Crippen LogP contribution in [0.1, 0.15) is 44.9 Å². The standard InChI is InChI=1S/C21H29N3O4/c25-20(22-17-8-9-18-19(13-17)28-12-11-27-18)15-5-4-10-24(14-15)21(26)23-16-6-2-1-3-7-16/h8-9,13,15-16H,1-7,10-12,14H2,(H,22,25)(H,23,26)/t15-/m0/s1. The highest BCUT2D eigenvalue weighted by Crippen LogP contribution is 2.33. The van der Waals surface area contributed by atoms with Crippen molar-refractivity contribution in [3.8, 4) is 11.5 Å². The van der Waals surface area contributed by atoms with E-state index in [2.05, 4.69) is 10.6 Å². The summed E-state index contributed by atoms with van der Waals surface area (Å²) in [6.45, 7) is 2.24. The van der Waals surface area contributed by atoms with Gasteiger partial charge in [0.25, 0.3) is 0 Å². The molecule has 4 rings (SSSR count). The van der Waals surface area contributed by atoms with E-state index in [1.165, 1.54) is 19.3 Å². The molecule has 28 heavy (non-hydrogen) atoms. The number of urea groups is 1. The Hall–Kier alpha value is -2.44. The highest BCUT2D eigenvalue weighted by atomic mass is 16.6. The van der Waals surface area contributed by atoms with E-state index < -0.39 is 0 Å². The third-order valence-electron chi connectivity index (χ3n) is 5.82. The van der Waals surface area contributed by atoms with Gasteiger partial charge in [0.15, 0.2) is 11.5 Å². The van der Waals surface area contributed by atoms with Gasteiger partial charge in [-0.2, -0.15) is 0 Å². The molecule has 0 radical (unpaired) electrons. The minimum Gasteiger partial charge on any atom is -0.486 e. The van der Waals surface area contributed by atoms with Gasteiger partial charge in [-0.15, -0.1) is 0 Å². The van der Waals surface area contributed by atoms with Crippen LogP contribution in [0.2, 0.25) is 0 Å². The van der Waals surface area contributed by atoms with Gasteiger partial charge in [-0.3, -0.25) is 4.79 Å². The summed E-state index contributed by atoms with van der Waals surface area (Å²) >= 11 is 0. The number of benzene rings is 1. The molecule has 1 aliphatic carbocycles. The molecular formula is C21H29N3O4. The van der Waals surface area contributed by atoms with E-state index in [0.717, 1.165) is 25.7 Å². The normalized spacial score (nSPS) is 22.4. The van der Waals surface area contributed by atoms with Crippen LogP contribution in [0.3, 0.4) is 0 Å². The minimum atomic E-state index is -0.195. The Morgan fingerprint density at radius 2 is 1.75 bits per heavy atom. The average Bonchev–Trinajstić information content (AvgIpc) is 2.74. The second-order valence-corrected chi connectivity index (χ2v) is 7.92. The Kier molecular flexibility index (Phi) is 5.88. The number of likely N-dealkylation sites (tertiary alicyclic amines) is 1. The zero-order chi connectivity index (χ0) is 19.3. The van der Waals surface area contributed by atoms with Crippen molar-refractivity contribution in [2.24, 2.45) is 5.92 Å². The van der Waals surface area contributed by atoms with E-state index >= 15 is 0 Å². The first-order valence-corrected chi connectivity index (χ1v) is 10.4. The molecule has 1 saturated carbocycles. The molecule has 152 valence electrons. The number of hydrogen-bond donors (Lipinski definition) is 2. The number of piperidine rings is 1. The zero-order valence-corrected chi connectivity index (χ0v) is 16.2. The predicted molar refractivity (Wildman–Crippen MR) is 106 cm³/mol. The lowest BCUT2D eigenvalue weighted by molar-refractivity contribution is -0.121. The quantitative estimate of drug-likeness (QED) is 0.835. The SMILES string of the molecule is O=C(Nc1ccc2c(c1)OCCO2)[C@H]1CCCN(C(=O)NC2CCCCC2)C1. The monoisotopic (exact) mass is 387 g/mol. The van der Waals surface area contributed by atoms with Crippen molar-refractivity contribution in [3.05, 3.63) is 18.2 Å². The lowest BCUT2D eigenvalue weighted by Crippen LogP contribution is -2.50. The zero-order valence-electron chi connectivity index (χ0n) is 16.2. The van der Waals surface area contributed by atoms with Crippen LogP contribution in [0.4, 0.5) is 10.5 Å². The number of fused-ring (bicyclic) bond motifs is 1. The predicted octanol–water partition coefficient (Wildman–Crippen LogP) is 3.15. The summed E-state index contributed by atoms with van der Waals surface area (Å²) in [5.41, 5.74) is 0.693. The minimum absolute atomic E-state index is 0.0243. The van der Waals surface area contributed by atoms with Crippen LogP contribution >= 0.6 is 0 Å². The fourth-order valence-electron chi connectivity index (χ4n) is 4.25. The Balaban J connectivity index is 1.32. The van der Waals surface area contributed by atoms with Gasteiger partial charge in [-0.25, -0.2) is 4.79 Å². The van der Waals surface area contributed by atoms with Crippen molar-refractivity contribution in [2.45, 2.75) is 51.0 Å². The molecular weight excluding hydrogens is 358 g/mol. The van der Waals surface area contributed by atoms with Gasteiger partial charge in [0.2, 0.25) is 5.91 Å². The number of anilines is 1. The fourth-order valence-corrected chi connectivity index (χ4v) is 4.25. The van der Waals surface area contributed by atoms with Crippen molar-refractivity contribution in [2.75, 3.05) is 31.6 Å². The number of nitrogens with one attached hydrogen (secondary N) is 2. The highest BCUT2D eigenvalue weighted by molar-refractivity contribution is 5.93. The summed E-state index contributed by atoms with van der Waals surface area (Å²) < 4.78 is 11.1. The van der Waals surface area contributed by atoms with Crippen LogP contribution < -0.4 is 20.1 Å². The smallest absolute Gasteiger partial charge is 0.317 e. The van der Waals surface area contributed by atoms with Gasteiger partial charge in [-0.05, 0) is 37.8 Å². The van der Waals surface area contributed by atoms with Crippen LogP contribution in [0.15, 0.2) is 18.2 Å². The summed E-state index contributed by atoms with van der Waals surface area (Å²) in [5, 5.41) is 6.13. The number of nitrogens with zero attached hydrogens (tertiary/aromatic N) is 1. The van der Waals surface area contributed by atoms with Crippen LogP contribution in [0.25, 0.3) is 0 Å². The van der Waals surface area contributed by atoms with Gasteiger partial charge in [-0.1, -0.05) is 19.3 Å². The van der Waals surface area contributed by atoms with Crippen molar-refractivity contribution in [1.82, 2.24) is 10.2 Å². The number of carbonyl (C=O) groups is 2. The maximum absolute atomic E-state index is 12.8. The van der Waals surface area contributed by atoms with E-state index in [4.69, 9.17) is 9.47 Å². The van der Waals surface area contributed by atoms with Gasteiger partial charge in [0.05, 0.1) is 5.92 Å². The van der Waals surface area contributed by atoms with E-state index in [-0.39, 0.29) is 23.9 Å². The maximum Gasteiger partial charge on any atom is 0.317 e. The molecule has 1 atom stereocenters. The first kappa shape index (κ1) is 18.9. The van der Waals surface area contributed by atoms with E-state index in [0.29, 0.717) is 43.5 Å². The average molecular weight is 387 g/mol. The molecule has 2 heterocycles. The molecule has 7 nitrogen and oxygen atoms in total. The molecule has 1 aromatic carbocycles. The van der Waals surface area contributed by atoms with Crippen LogP contribution in [0.5, 0.6) is 11.5 Å². The van der Waals surface area contributed by atoms with Crippen molar-refractivity contribution < 1.29 is 19.1 Å². The highest BCUT2D eigenvalue weighted by Gasteiger charge is 2.29. The van der Waals surface area contributed by atoms with Gasteiger partial charge in [0, 0.05) is 30.9 Å². The topological polar surface area (TPSA) is 79.9 Å². The van der Waals surface area contributed by atoms with Crippen molar-refractivity contribution in [3.63, 3.8) is 0 Å². The van der Waals surface area contributed by atoms with Gasteiger partial charge < -0.3 is 25.0 Å².